The zero-order chi connectivity index (χ0) is 19.3. The Hall–Kier alpha value is -1.73. The maximum absolute atomic E-state index is 12.3. The second kappa shape index (κ2) is 8.97. The van der Waals surface area contributed by atoms with Gasteiger partial charge in [-0.3, -0.25) is 4.79 Å². The van der Waals surface area contributed by atoms with Gasteiger partial charge in [-0.2, -0.15) is 0 Å². The van der Waals surface area contributed by atoms with E-state index in [-0.39, 0.29) is 24.1 Å². The lowest BCUT2D eigenvalue weighted by atomic mass is 9.95. The van der Waals surface area contributed by atoms with Crippen LogP contribution in [-0.4, -0.2) is 11.9 Å². The molecule has 1 amide bonds. The molecule has 0 heterocycles. The summed E-state index contributed by atoms with van der Waals surface area (Å²) in [7, 11) is 0. The van der Waals surface area contributed by atoms with E-state index >= 15 is 0 Å². The Kier molecular flexibility index (Phi) is 6.65. The van der Waals surface area contributed by atoms with Crippen molar-refractivity contribution in [1.29, 1.82) is 0 Å². The van der Waals surface area contributed by atoms with Gasteiger partial charge >= 0.3 is 0 Å². The van der Waals surface area contributed by atoms with Crippen LogP contribution in [0.3, 0.4) is 0 Å². The van der Waals surface area contributed by atoms with Crippen molar-refractivity contribution in [3.05, 3.63) is 69.7 Å². The second-order valence-electron chi connectivity index (χ2n) is 6.98. The third kappa shape index (κ3) is 5.62. The maximum atomic E-state index is 12.3. The highest BCUT2D eigenvalue weighted by molar-refractivity contribution is 9.10. The van der Waals surface area contributed by atoms with E-state index in [4.69, 9.17) is 0 Å². The van der Waals surface area contributed by atoms with E-state index in [9.17, 15) is 15.0 Å². The minimum Gasteiger partial charge on any atom is -0.848 e. The lowest BCUT2D eigenvalue weighted by molar-refractivity contribution is -0.745. The van der Waals surface area contributed by atoms with Gasteiger partial charge in [0.15, 0.2) is 0 Å². The Balaban J connectivity index is 1.55. The standard InChI is InChI=1S/C21H23BrN2O3/c22-18-12-10-17(11-13-18)21(26,27)23-14-15-6-8-16(9-7-15)20(25)24-19-4-2-1-3-5-19/h6-13,19,23H,1-5,14H2,(H,24,25)/q-2. The molecule has 144 valence electrons. The molecule has 3 rings (SSSR count). The van der Waals surface area contributed by atoms with E-state index in [2.05, 4.69) is 26.6 Å². The van der Waals surface area contributed by atoms with Crippen molar-refractivity contribution in [1.82, 2.24) is 10.6 Å². The van der Waals surface area contributed by atoms with Gasteiger partial charge in [-0.15, -0.1) is 5.91 Å². The van der Waals surface area contributed by atoms with Gasteiger partial charge in [-0.25, -0.2) is 0 Å². The van der Waals surface area contributed by atoms with Gasteiger partial charge < -0.3 is 20.8 Å². The first kappa shape index (κ1) is 20.0. The van der Waals surface area contributed by atoms with Crippen LogP contribution in [0.25, 0.3) is 0 Å². The molecule has 0 spiro atoms. The van der Waals surface area contributed by atoms with Gasteiger partial charge in [-0.05, 0) is 42.7 Å². The molecule has 0 unspecified atom stereocenters. The van der Waals surface area contributed by atoms with Crippen LogP contribution in [0.2, 0.25) is 0 Å². The molecule has 5 nitrogen and oxygen atoms in total. The fourth-order valence-electron chi connectivity index (χ4n) is 3.28. The van der Waals surface area contributed by atoms with Crippen molar-refractivity contribution in [3.8, 4) is 0 Å². The average Bonchev–Trinajstić information content (AvgIpc) is 2.68. The summed E-state index contributed by atoms with van der Waals surface area (Å²) in [6.45, 7) is 0.133. The Labute approximate surface area is 167 Å². The van der Waals surface area contributed by atoms with Crippen LogP contribution < -0.4 is 20.8 Å². The lowest BCUT2D eigenvalue weighted by Gasteiger charge is -2.50. The van der Waals surface area contributed by atoms with E-state index in [0.29, 0.717) is 5.56 Å². The molecule has 0 bridgehead atoms. The molecular formula is C21H23BrN2O3-2. The Bertz CT molecular complexity index is 754. The van der Waals surface area contributed by atoms with Crippen molar-refractivity contribution in [2.24, 2.45) is 0 Å². The first-order chi connectivity index (χ1) is 12.9. The van der Waals surface area contributed by atoms with Crippen molar-refractivity contribution < 1.29 is 15.0 Å². The van der Waals surface area contributed by atoms with Crippen molar-refractivity contribution in [2.45, 2.75) is 50.6 Å². The van der Waals surface area contributed by atoms with E-state index in [1.165, 1.54) is 31.4 Å². The highest BCUT2D eigenvalue weighted by Crippen LogP contribution is 2.18. The molecule has 2 aromatic rings. The first-order valence-electron chi connectivity index (χ1n) is 9.26. The highest BCUT2D eigenvalue weighted by Gasteiger charge is 2.16. The predicted octanol–water partition coefficient (Wildman–Crippen LogP) is 2.13. The first-order valence-corrected chi connectivity index (χ1v) is 10.0. The fourth-order valence-corrected chi connectivity index (χ4v) is 3.54. The SMILES string of the molecule is O=C(NC1CCCCC1)c1ccc(CNC([O-])([O-])c2ccc(Br)cc2)cc1. The minimum absolute atomic E-state index is 0.0710. The monoisotopic (exact) mass is 430 g/mol. The smallest absolute Gasteiger partial charge is 0.251 e. The van der Waals surface area contributed by atoms with Gasteiger partial charge in [0.25, 0.3) is 5.91 Å². The summed E-state index contributed by atoms with van der Waals surface area (Å²) in [6.07, 6.45) is 5.66. The van der Waals surface area contributed by atoms with Crippen LogP contribution in [0, 0.1) is 0 Å². The summed E-state index contributed by atoms with van der Waals surface area (Å²) in [5.41, 5.74) is 1.50. The molecule has 2 aromatic carbocycles. The molecule has 1 aliphatic rings. The largest absolute Gasteiger partial charge is 0.848 e. The van der Waals surface area contributed by atoms with E-state index in [1.54, 1.807) is 36.4 Å². The number of halogens is 1. The third-order valence-electron chi connectivity index (χ3n) is 4.91. The van der Waals surface area contributed by atoms with Crippen LogP contribution in [0.4, 0.5) is 0 Å². The van der Waals surface area contributed by atoms with Crippen molar-refractivity contribution in [3.63, 3.8) is 0 Å². The van der Waals surface area contributed by atoms with Crippen LogP contribution in [0.15, 0.2) is 53.0 Å². The molecule has 1 saturated carbocycles. The van der Waals surface area contributed by atoms with E-state index in [1.807, 2.05) is 0 Å². The number of nitrogens with one attached hydrogen (secondary N) is 2. The normalized spacial score (nSPS) is 15.5. The molecule has 6 heteroatoms. The summed E-state index contributed by atoms with van der Waals surface area (Å²) < 4.78 is 0.809. The maximum Gasteiger partial charge on any atom is 0.251 e. The molecule has 27 heavy (non-hydrogen) atoms. The van der Waals surface area contributed by atoms with Gasteiger partial charge in [-0.1, -0.05) is 65.0 Å². The van der Waals surface area contributed by atoms with Gasteiger partial charge in [0.2, 0.25) is 0 Å². The molecule has 0 aliphatic heterocycles. The minimum atomic E-state index is -2.63. The summed E-state index contributed by atoms with van der Waals surface area (Å²) in [5.74, 6) is -2.70. The lowest BCUT2D eigenvalue weighted by Crippen LogP contribution is -2.63. The van der Waals surface area contributed by atoms with Crippen LogP contribution in [-0.2, 0) is 12.5 Å². The molecule has 0 saturated heterocycles. The number of benzene rings is 2. The van der Waals surface area contributed by atoms with Crippen molar-refractivity contribution in [2.75, 3.05) is 0 Å². The summed E-state index contributed by atoms with van der Waals surface area (Å²) >= 11 is 3.28. The van der Waals surface area contributed by atoms with Gasteiger partial charge in [0, 0.05) is 22.6 Å². The zero-order valence-electron chi connectivity index (χ0n) is 15.0. The van der Waals surface area contributed by atoms with E-state index < -0.39 is 5.91 Å². The second-order valence-corrected chi connectivity index (χ2v) is 7.90. The zero-order valence-corrected chi connectivity index (χ0v) is 16.6. The Morgan fingerprint density at radius 2 is 1.63 bits per heavy atom. The number of amides is 1. The van der Waals surface area contributed by atoms with Crippen LogP contribution in [0.1, 0.15) is 53.6 Å². The average molecular weight is 431 g/mol. The third-order valence-corrected chi connectivity index (χ3v) is 5.43. The molecule has 0 radical (unpaired) electrons. The molecule has 0 aromatic heterocycles. The summed E-state index contributed by atoms with van der Waals surface area (Å²) in [4.78, 5) is 12.3. The van der Waals surface area contributed by atoms with Gasteiger partial charge in [0.1, 0.15) is 0 Å². The number of rotatable bonds is 6. The highest BCUT2D eigenvalue weighted by atomic mass is 79.9. The molecule has 1 fully saturated rings. The van der Waals surface area contributed by atoms with Crippen LogP contribution in [0.5, 0.6) is 0 Å². The number of carbonyl (C=O) groups is 1. The summed E-state index contributed by atoms with van der Waals surface area (Å²) in [5, 5.41) is 30.1. The summed E-state index contributed by atoms with van der Waals surface area (Å²) in [6, 6.07) is 13.6. The van der Waals surface area contributed by atoms with Crippen molar-refractivity contribution >= 4 is 21.8 Å². The number of carbonyl (C=O) groups excluding carboxylic acids is 1. The Morgan fingerprint density at radius 3 is 2.26 bits per heavy atom. The molecule has 2 N–H and O–H groups in total. The quantitative estimate of drug-likeness (QED) is 0.687. The predicted molar refractivity (Wildman–Crippen MR) is 103 cm³/mol. The Morgan fingerprint density at radius 1 is 1.00 bits per heavy atom. The molecule has 1 aliphatic carbocycles. The molecule has 0 atom stereocenters. The van der Waals surface area contributed by atoms with Gasteiger partial charge in [0.05, 0.1) is 0 Å². The molecular weight excluding hydrogens is 408 g/mol. The number of hydrogen-bond acceptors (Lipinski definition) is 4. The van der Waals surface area contributed by atoms with E-state index in [0.717, 1.165) is 22.9 Å². The number of hydrogen-bond donors (Lipinski definition) is 2. The fraction of sp³-hybridized carbons (Fsp3) is 0.381. The topological polar surface area (TPSA) is 87.2 Å². The van der Waals surface area contributed by atoms with Crippen LogP contribution >= 0.6 is 15.9 Å².